The molecule has 1 aromatic carbocycles. The van der Waals surface area contributed by atoms with Gasteiger partial charge in [0.25, 0.3) is 0 Å². The molecular weight excluding hydrogens is 308 g/mol. The molecule has 0 aromatic heterocycles. The van der Waals surface area contributed by atoms with E-state index >= 15 is 0 Å². The predicted molar refractivity (Wildman–Crippen MR) is 89.6 cm³/mol. The van der Waals surface area contributed by atoms with E-state index in [0.29, 0.717) is 19.5 Å². The molecule has 6 nitrogen and oxygen atoms in total. The molecule has 0 radical (unpaired) electrons. The number of carbonyl (C=O) groups is 1. The maximum atomic E-state index is 12.4. The Kier molecular flexibility index (Phi) is 5.38. The van der Waals surface area contributed by atoms with Crippen LogP contribution in [0.5, 0.6) is 5.75 Å². The number of nitrogens with one attached hydrogen (secondary N) is 1. The Balaban J connectivity index is 1.68. The highest BCUT2D eigenvalue weighted by Crippen LogP contribution is 2.37. The monoisotopic (exact) mass is 334 g/mol. The molecule has 0 saturated carbocycles. The van der Waals surface area contributed by atoms with Crippen LogP contribution in [0.2, 0.25) is 0 Å². The molecule has 3 N–H and O–H groups in total. The van der Waals surface area contributed by atoms with Gasteiger partial charge in [0, 0.05) is 26.2 Å². The number of aliphatic hydroxyl groups is 2. The third-order valence-electron chi connectivity index (χ3n) is 5.06. The first-order valence-corrected chi connectivity index (χ1v) is 8.65. The van der Waals surface area contributed by atoms with Crippen LogP contribution < -0.4 is 10.1 Å². The molecule has 3 rings (SSSR count). The number of likely N-dealkylation sites (tertiary alicyclic amines) is 1. The summed E-state index contributed by atoms with van der Waals surface area (Å²) in [5.41, 5.74) is 0.440. The fourth-order valence-electron chi connectivity index (χ4n) is 3.82. The van der Waals surface area contributed by atoms with Gasteiger partial charge < -0.3 is 20.3 Å². The molecule has 6 heteroatoms. The summed E-state index contributed by atoms with van der Waals surface area (Å²) in [6, 6.07) is 7.80. The Morgan fingerprint density at radius 3 is 3.08 bits per heavy atom. The largest absolute Gasteiger partial charge is 0.491 e. The molecular formula is C18H26N2O4. The van der Waals surface area contributed by atoms with Crippen molar-refractivity contribution < 1.29 is 19.7 Å². The molecule has 1 amide bonds. The Morgan fingerprint density at radius 1 is 1.42 bits per heavy atom. The van der Waals surface area contributed by atoms with Crippen molar-refractivity contribution in [2.75, 3.05) is 32.8 Å². The lowest BCUT2D eigenvalue weighted by molar-refractivity contribution is -0.149. The number of amides is 1. The Bertz CT molecular complexity index is 580. The quantitative estimate of drug-likeness (QED) is 0.731. The lowest BCUT2D eigenvalue weighted by Crippen LogP contribution is -2.61. The minimum Gasteiger partial charge on any atom is -0.491 e. The van der Waals surface area contributed by atoms with Crippen molar-refractivity contribution in [3.8, 4) is 5.75 Å². The fourth-order valence-corrected chi connectivity index (χ4v) is 3.82. The van der Waals surface area contributed by atoms with Gasteiger partial charge in [0.15, 0.2) is 0 Å². The Morgan fingerprint density at radius 2 is 2.29 bits per heavy atom. The highest BCUT2D eigenvalue weighted by atomic mass is 16.5. The Hall–Kier alpha value is -1.63. The van der Waals surface area contributed by atoms with Gasteiger partial charge in [-0.3, -0.25) is 9.69 Å². The van der Waals surface area contributed by atoms with E-state index < -0.39 is 11.5 Å². The third-order valence-corrected chi connectivity index (χ3v) is 5.06. The normalized spacial score (nSPS) is 27.9. The maximum Gasteiger partial charge on any atom is 0.230 e. The van der Waals surface area contributed by atoms with Crippen molar-refractivity contribution in [2.24, 2.45) is 5.41 Å². The number of carbonyl (C=O) groups excluding carboxylic acids is 1. The molecule has 0 aliphatic carbocycles. The molecule has 2 heterocycles. The fraction of sp³-hybridized carbons (Fsp3) is 0.611. The molecule has 0 unspecified atom stereocenters. The number of hydrogen-bond donors (Lipinski definition) is 3. The zero-order chi connectivity index (χ0) is 17.0. The lowest BCUT2D eigenvalue weighted by Gasteiger charge is -2.47. The van der Waals surface area contributed by atoms with Crippen molar-refractivity contribution in [2.45, 2.75) is 31.9 Å². The first-order chi connectivity index (χ1) is 11.6. The second-order valence-electron chi connectivity index (χ2n) is 6.75. The zero-order valence-electron chi connectivity index (χ0n) is 13.9. The van der Waals surface area contributed by atoms with Gasteiger partial charge in [0.2, 0.25) is 5.91 Å². The topological polar surface area (TPSA) is 82.0 Å². The standard InChI is InChI=1S/C18H26N2O4/c21-9-10-24-15-4-1-3-14(11-15)12-20-8-5-16(22)18(13-20)6-2-7-19-17(18)23/h1,3-4,11,16,21-22H,2,5-10,12-13H2,(H,19,23)/t16-,18-/m1/s1. The van der Waals surface area contributed by atoms with E-state index in [1.165, 1.54) is 0 Å². The van der Waals surface area contributed by atoms with Crippen molar-refractivity contribution in [3.05, 3.63) is 29.8 Å². The van der Waals surface area contributed by atoms with Gasteiger partial charge in [-0.2, -0.15) is 0 Å². The van der Waals surface area contributed by atoms with E-state index in [9.17, 15) is 9.90 Å². The molecule has 0 bridgehead atoms. The SMILES string of the molecule is O=C1NCCC[C@]12CN(Cc1cccc(OCCO)c1)CC[C@H]2O. The van der Waals surface area contributed by atoms with Crippen molar-refractivity contribution >= 4 is 5.91 Å². The smallest absolute Gasteiger partial charge is 0.230 e. The summed E-state index contributed by atoms with van der Waals surface area (Å²) in [4.78, 5) is 14.6. The van der Waals surface area contributed by atoms with E-state index in [-0.39, 0.29) is 19.1 Å². The van der Waals surface area contributed by atoms with Gasteiger partial charge in [-0.25, -0.2) is 0 Å². The van der Waals surface area contributed by atoms with Crippen LogP contribution in [0.25, 0.3) is 0 Å². The van der Waals surface area contributed by atoms with E-state index in [2.05, 4.69) is 10.2 Å². The predicted octanol–water partition coefficient (Wildman–Crippen LogP) is 0.521. The highest BCUT2D eigenvalue weighted by Gasteiger charge is 2.49. The second-order valence-corrected chi connectivity index (χ2v) is 6.75. The van der Waals surface area contributed by atoms with E-state index in [1.807, 2.05) is 24.3 Å². The number of ether oxygens (including phenoxy) is 1. The van der Waals surface area contributed by atoms with Crippen LogP contribution in [0.15, 0.2) is 24.3 Å². The summed E-state index contributed by atoms with van der Waals surface area (Å²) in [6.07, 6.45) is 1.72. The van der Waals surface area contributed by atoms with Gasteiger partial charge in [0.05, 0.1) is 18.1 Å². The van der Waals surface area contributed by atoms with Crippen LogP contribution in [0, 0.1) is 5.41 Å². The van der Waals surface area contributed by atoms with Gasteiger partial charge in [0.1, 0.15) is 12.4 Å². The average Bonchev–Trinajstić information content (AvgIpc) is 2.59. The van der Waals surface area contributed by atoms with Crippen LogP contribution in [-0.2, 0) is 11.3 Å². The van der Waals surface area contributed by atoms with Gasteiger partial charge >= 0.3 is 0 Å². The van der Waals surface area contributed by atoms with Gasteiger partial charge in [-0.05, 0) is 37.0 Å². The van der Waals surface area contributed by atoms with Crippen molar-refractivity contribution in [1.29, 1.82) is 0 Å². The van der Waals surface area contributed by atoms with Crippen LogP contribution in [0.1, 0.15) is 24.8 Å². The molecule has 2 aliphatic rings. The number of aliphatic hydroxyl groups excluding tert-OH is 2. The molecule has 132 valence electrons. The van der Waals surface area contributed by atoms with Crippen LogP contribution >= 0.6 is 0 Å². The number of piperidine rings is 2. The number of rotatable bonds is 5. The number of benzene rings is 1. The summed E-state index contributed by atoms with van der Waals surface area (Å²) < 4.78 is 5.46. The maximum absolute atomic E-state index is 12.4. The van der Waals surface area contributed by atoms with Gasteiger partial charge in [-0.15, -0.1) is 0 Å². The molecule has 2 saturated heterocycles. The van der Waals surface area contributed by atoms with E-state index in [1.54, 1.807) is 0 Å². The van der Waals surface area contributed by atoms with E-state index in [4.69, 9.17) is 9.84 Å². The van der Waals surface area contributed by atoms with Crippen LogP contribution in [0.4, 0.5) is 0 Å². The minimum atomic E-state index is -0.665. The van der Waals surface area contributed by atoms with Crippen molar-refractivity contribution in [3.63, 3.8) is 0 Å². The number of hydrogen-bond acceptors (Lipinski definition) is 5. The molecule has 1 aromatic rings. The number of nitrogens with zero attached hydrogens (tertiary/aromatic N) is 1. The molecule has 1 spiro atoms. The first-order valence-electron chi connectivity index (χ1n) is 8.65. The first kappa shape index (κ1) is 17.2. The lowest BCUT2D eigenvalue weighted by atomic mass is 9.71. The third kappa shape index (κ3) is 3.55. The molecule has 2 fully saturated rings. The summed E-state index contributed by atoms with van der Waals surface area (Å²) in [5, 5.41) is 22.2. The highest BCUT2D eigenvalue weighted by molar-refractivity contribution is 5.84. The molecule has 2 aliphatic heterocycles. The minimum absolute atomic E-state index is 0.00806. The molecule has 2 atom stereocenters. The second kappa shape index (κ2) is 7.51. The van der Waals surface area contributed by atoms with Crippen molar-refractivity contribution in [1.82, 2.24) is 10.2 Å². The van der Waals surface area contributed by atoms with Crippen LogP contribution in [0.3, 0.4) is 0 Å². The summed E-state index contributed by atoms with van der Waals surface area (Å²) >= 11 is 0. The zero-order valence-corrected chi connectivity index (χ0v) is 13.9. The van der Waals surface area contributed by atoms with E-state index in [0.717, 1.165) is 37.2 Å². The summed E-state index contributed by atoms with van der Waals surface area (Å²) in [7, 11) is 0. The Labute approximate surface area is 142 Å². The summed E-state index contributed by atoms with van der Waals surface area (Å²) in [6.45, 7) is 3.06. The van der Waals surface area contributed by atoms with Gasteiger partial charge in [-0.1, -0.05) is 12.1 Å². The average molecular weight is 334 g/mol. The van der Waals surface area contributed by atoms with Crippen LogP contribution in [-0.4, -0.2) is 60.0 Å². The summed E-state index contributed by atoms with van der Waals surface area (Å²) in [5.74, 6) is 0.731. The molecule has 24 heavy (non-hydrogen) atoms.